The number of carbonyl (C=O) groups is 3. The molecule has 1 aliphatic heterocycles. The summed E-state index contributed by atoms with van der Waals surface area (Å²) < 4.78 is 9.83. The number of allylic oxidation sites excluding steroid dienone is 2. The van der Waals surface area contributed by atoms with Crippen molar-refractivity contribution in [1.29, 1.82) is 0 Å². The molecule has 0 atom stereocenters. The Morgan fingerprint density at radius 1 is 1.44 bits per heavy atom. The molecule has 1 aliphatic rings. The fraction of sp³-hybridized carbons (Fsp3) is 0.267. The van der Waals surface area contributed by atoms with E-state index in [0.29, 0.717) is 11.8 Å². The predicted octanol–water partition coefficient (Wildman–Crippen LogP) is 2.73. The topological polar surface area (TPSA) is 120 Å². The van der Waals surface area contributed by atoms with E-state index >= 15 is 0 Å². The summed E-state index contributed by atoms with van der Waals surface area (Å²) in [6.45, 7) is 2.87. The number of nitrogens with zero attached hydrogens (tertiary/aromatic N) is 2. The summed E-state index contributed by atoms with van der Waals surface area (Å²) in [5, 5.41) is 9.94. The summed E-state index contributed by atoms with van der Waals surface area (Å²) in [6.07, 6.45) is 3.86. The Kier molecular flexibility index (Phi) is 5.75. The lowest BCUT2D eigenvalue weighted by Crippen LogP contribution is -2.35. The van der Waals surface area contributed by atoms with Crippen molar-refractivity contribution in [2.75, 3.05) is 6.54 Å². The molecule has 0 N–H and O–H groups in total. The fourth-order valence-electron chi connectivity index (χ4n) is 1.84. The minimum absolute atomic E-state index is 0.125. The van der Waals surface area contributed by atoms with Gasteiger partial charge in [0, 0.05) is 0 Å². The van der Waals surface area contributed by atoms with Gasteiger partial charge in [-0.15, -0.1) is 0 Å². The summed E-state index contributed by atoms with van der Waals surface area (Å²) in [6, 6.07) is 2.60. The molecular weight excluding hydrogens is 352 g/mol. The highest BCUT2D eigenvalue weighted by atomic mass is 32.2. The number of carbonyl (C=O) groups excluding carboxylic acids is 3. The van der Waals surface area contributed by atoms with Crippen LogP contribution in [-0.4, -0.2) is 39.6 Å². The Balaban J connectivity index is 2.02. The molecule has 0 spiro atoms. The number of ether oxygens (including phenoxy) is 1. The van der Waals surface area contributed by atoms with Crippen LogP contribution >= 0.6 is 11.8 Å². The minimum atomic E-state index is -0.669. The van der Waals surface area contributed by atoms with Crippen molar-refractivity contribution in [2.45, 2.75) is 20.0 Å². The standard InChI is InChI=1S/C15H14N2O7S/c1-9(2)23-13(18)8-16-14(19)11(25-15(16)20)5-3-4-10-6-7-12(24-10)17(21)22/h3-7,9H,8H2,1-2H3/b4-3+,11-5-. The van der Waals surface area contributed by atoms with Crippen LogP contribution in [0, 0.1) is 10.1 Å². The van der Waals surface area contributed by atoms with Crippen LogP contribution in [-0.2, 0) is 14.3 Å². The number of hydrogen-bond acceptors (Lipinski definition) is 8. The first-order valence-corrected chi connectivity index (χ1v) is 7.95. The second-order valence-corrected chi connectivity index (χ2v) is 6.11. The highest BCUT2D eigenvalue weighted by Crippen LogP contribution is 2.30. The molecule has 0 saturated carbocycles. The van der Waals surface area contributed by atoms with Crippen LogP contribution in [0.5, 0.6) is 0 Å². The van der Waals surface area contributed by atoms with E-state index < -0.39 is 34.5 Å². The van der Waals surface area contributed by atoms with E-state index in [4.69, 9.17) is 9.15 Å². The van der Waals surface area contributed by atoms with Gasteiger partial charge in [-0.3, -0.25) is 29.4 Å². The first kappa shape index (κ1) is 18.5. The third-order valence-electron chi connectivity index (χ3n) is 2.83. The number of amides is 2. The van der Waals surface area contributed by atoms with Gasteiger partial charge in [0.25, 0.3) is 11.1 Å². The highest BCUT2D eigenvalue weighted by molar-refractivity contribution is 8.18. The second-order valence-electron chi connectivity index (χ2n) is 5.12. The van der Waals surface area contributed by atoms with Crippen molar-refractivity contribution in [1.82, 2.24) is 4.90 Å². The van der Waals surface area contributed by atoms with E-state index in [1.165, 1.54) is 30.4 Å². The van der Waals surface area contributed by atoms with Gasteiger partial charge in [-0.1, -0.05) is 6.08 Å². The zero-order chi connectivity index (χ0) is 18.6. The molecular formula is C15H14N2O7S. The number of hydrogen-bond donors (Lipinski definition) is 0. The molecule has 0 aromatic carbocycles. The molecule has 2 amide bonds. The molecule has 1 aromatic rings. The maximum absolute atomic E-state index is 12.1. The minimum Gasteiger partial charge on any atom is -0.462 e. The van der Waals surface area contributed by atoms with E-state index in [2.05, 4.69) is 0 Å². The van der Waals surface area contributed by atoms with Gasteiger partial charge >= 0.3 is 11.9 Å². The lowest BCUT2D eigenvalue weighted by atomic mass is 10.3. The maximum atomic E-state index is 12.1. The summed E-state index contributed by atoms with van der Waals surface area (Å²) in [5.41, 5.74) is 0. The van der Waals surface area contributed by atoms with Gasteiger partial charge in [-0.05, 0) is 43.8 Å². The monoisotopic (exact) mass is 366 g/mol. The average Bonchev–Trinajstić information content (AvgIpc) is 3.08. The third kappa shape index (κ3) is 4.80. The molecule has 1 fully saturated rings. The van der Waals surface area contributed by atoms with Crippen molar-refractivity contribution >= 4 is 40.8 Å². The molecule has 0 radical (unpaired) electrons. The smallest absolute Gasteiger partial charge is 0.433 e. The zero-order valence-corrected chi connectivity index (χ0v) is 14.1. The SMILES string of the molecule is CC(C)OC(=O)CN1C(=O)S/C(=C\C=C\c2ccc([N+](=O)[O-])o2)C1=O. The first-order chi connectivity index (χ1) is 11.8. The van der Waals surface area contributed by atoms with Gasteiger partial charge in [-0.2, -0.15) is 0 Å². The number of esters is 1. The summed E-state index contributed by atoms with van der Waals surface area (Å²) in [5.74, 6) is -1.45. The Morgan fingerprint density at radius 3 is 2.76 bits per heavy atom. The zero-order valence-electron chi connectivity index (χ0n) is 13.3. The first-order valence-electron chi connectivity index (χ1n) is 7.13. The quantitative estimate of drug-likeness (QED) is 0.326. The molecule has 2 rings (SSSR count). The lowest BCUT2D eigenvalue weighted by molar-refractivity contribution is -0.402. The fourth-order valence-corrected chi connectivity index (χ4v) is 2.63. The number of rotatable bonds is 6. The molecule has 0 bridgehead atoms. The number of nitro groups is 1. The van der Waals surface area contributed by atoms with Crippen LogP contribution < -0.4 is 0 Å². The van der Waals surface area contributed by atoms with Gasteiger partial charge < -0.3 is 9.15 Å². The summed E-state index contributed by atoms with van der Waals surface area (Å²) >= 11 is 0.689. The van der Waals surface area contributed by atoms with E-state index in [0.717, 1.165) is 4.90 Å². The van der Waals surface area contributed by atoms with Crippen molar-refractivity contribution in [3.05, 3.63) is 45.1 Å². The van der Waals surface area contributed by atoms with Gasteiger partial charge in [0.05, 0.1) is 17.1 Å². The average molecular weight is 366 g/mol. The number of furan rings is 1. The van der Waals surface area contributed by atoms with Crippen LogP contribution in [0.3, 0.4) is 0 Å². The van der Waals surface area contributed by atoms with Crippen molar-refractivity contribution < 1.29 is 28.5 Å². The van der Waals surface area contributed by atoms with Crippen molar-refractivity contribution in [3.8, 4) is 0 Å². The Morgan fingerprint density at radius 2 is 2.16 bits per heavy atom. The van der Waals surface area contributed by atoms with E-state index in [1.54, 1.807) is 13.8 Å². The lowest BCUT2D eigenvalue weighted by Gasteiger charge is -2.13. The molecule has 2 heterocycles. The molecule has 9 nitrogen and oxygen atoms in total. The van der Waals surface area contributed by atoms with E-state index in [-0.39, 0.29) is 16.8 Å². The van der Waals surface area contributed by atoms with Crippen LogP contribution in [0.2, 0.25) is 0 Å². The van der Waals surface area contributed by atoms with Gasteiger partial charge in [0.2, 0.25) is 0 Å². The predicted molar refractivity (Wildman–Crippen MR) is 88.4 cm³/mol. The summed E-state index contributed by atoms with van der Waals surface area (Å²) in [7, 11) is 0. The molecule has 0 unspecified atom stereocenters. The van der Waals surface area contributed by atoms with E-state index in [1.807, 2.05) is 0 Å². The van der Waals surface area contributed by atoms with Crippen LogP contribution in [0.25, 0.3) is 6.08 Å². The molecule has 10 heteroatoms. The van der Waals surface area contributed by atoms with Gasteiger partial charge in [0.1, 0.15) is 17.2 Å². The molecule has 132 valence electrons. The molecule has 25 heavy (non-hydrogen) atoms. The molecule has 0 aliphatic carbocycles. The number of thioether (sulfide) groups is 1. The summed E-state index contributed by atoms with van der Waals surface area (Å²) in [4.78, 5) is 46.3. The highest BCUT2D eigenvalue weighted by Gasteiger charge is 2.36. The second kappa shape index (κ2) is 7.79. The Hall–Kier alpha value is -2.88. The molecule has 1 aromatic heterocycles. The molecule has 1 saturated heterocycles. The number of imide groups is 1. The third-order valence-corrected chi connectivity index (χ3v) is 3.75. The van der Waals surface area contributed by atoms with Crippen LogP contribution in [0.4, 0.5) is 10.7 Å². The largest absolute Gasteiger partial charge is 0.462 e. The van der Waals surface area contributed by atoms with Crippen LogP contribution in [0.15, 0.2) is 33.6 Å². The Labute approximate surface area is 146 Å². The van der Waals surface area contributed by atoms with Gasteiger partial charge in [-0.25, -0.2) is 0 Å². The normalized spacial score (nSPS) is 16.4. The maximum Gasteiger partial charge on any atom is 0.433 e. The Bertz CT molecular complexity index is 779. The van der Waals surface area contributed by atoms with Crippen LogP contribution in [0.1, 0.15) is 19.6 Å². The van der Waals surface area contributed by atoms with Crippen molar-refractivity contribution in [3.63, 3.8) is 0 Å². The van der Waals surface area contributed by atoms with Gasteiger partial charge in [0.15, 0.2) is 0 Å². The van der Waals surface area contributed by atoms with E-state index in [9.17, 15) is 24.5 Å². The van der Waals surface area contributed by atoms with Crippen molar-refractivity contribution in [2.24, 2.45) is 0 Å².